The molecule has 0 atom stereocenters. The molecule has 2 fully saturated rings. The zero-order valence-electron chi connectivity index (χ0n) is 18.8. The molecule has 0 unspecified atom stereocenters. The molecule has 1 aromatic heterocycles. The molecule has 9 heteroatoms. The third-order valence-electron chi connectivity index (χ3n) is 6.79. The summed E-state index contributed by atoms with van der Waals surface area (Å²) in [6.07, 6.45) is 3.56. The Labute approximate surface area is 192 Å². The van der Waals surface area contributed by atoms with Gasteiger partial charge < -0.3 is 9.64 Å². The second kappa shape index (κ2) is 8.15. The Bertz CT molecular complexity index is 1090. The predicted octanol–water partition coefficient (Wildman–Crippen LogP) is 2.35. The van der Waals surface area contributed by atoms with E-state index in [4.69, 9.17) is 4.74 Å². The van der Waals surface area contributed by atoms with Gasteiger partial charge in [0.2, 0.25) is 5.88 Å². The van der Waals surface area contributed by atoms with Crippen molar-refractivity contribution in [3.63, 3.8) is 0 Å². The lowest BCUT2D eigenvalue weighted by Gasteiger charge is -2.38. The zero-order valence-corrected chi connectivity index (χ0v) is 18.8. The molecule has 9 nitrogen and oxygen atoms in total. The average Bonchev–Trinajstić information content (AvgIpc) is 3.24. The van der Waals surface area contributed by atoms with Gasteiger partial charge in [-0.3, -0.25) is 25.1 Å². The predicted molar refractivity (Wildman–Crippen MR) is 121 cm³/mol. The number of barbiturate groups is 1. The Hall–Kier alpha value is -3.46. The van der Waals surface area contributed by atoms with E-state index in [-0.39, 0.29) is 0 Å². The standard InChI is InChI=1S/C24H27N5O4/c1-15(2)28-11-8-16-12-19(6-4-17(16)14-28)33-20-7-5-18(13-25-20)29-10-3-9-24(29)21(30)26-23(32)27-22(24)31/h4-7,12-13,15H,3,8-11,14H2,1-2H3,(H2,26,27,30,31,32). The summed E-state index contributed by atoms with van der Waals surface area (Å²) in [4.78, 5) is 45.3. The number of anilines is 1. The molecule has 1 spiro atoms. The number of pyridine rings is 1. The van der Waals surface area contributed by atoms with Crippen LogP contribution < -0.4 is 20.3 Å². The van der Waals surface area contributed by atoms with Gasteiger partial charge in [0.05, 0.1) is 11.9 Å². The van der Waals surface area contributed by atoms with E-state index in [9.17, 15) is 14.4 Å². The van der Waals surface area contributed by atoms with Crippen LogP contribution in [0.4, 0.5) is 10.5 Å². The molecule has 0 aliphatic carbocycles. The maximum absolute atomic E-state index is 12.6. The number of urea groups is 1. The smallest absolute Gasteiger partial charge is 0.328 e. The number of hydrogen-bond donors (Lipinski definition) is 2. The fourth-order valence-corrected chi connectivity index (χ4v) is 4.96. The SMILES string of the molecule is CC(C)N1CCc2cc(Oc3ccc(N4CCCC45C(=O)NC(=O)NC5=O)cn3)ccc2C1. The van der Waals surface area contributed by atoms with Crippen molar-refractivity contribution in [2.45, 2.75) is 51.2 Å². The molecule has 1 aromatic carbocycles. The maximum Gasteiger partial charge on any atom is 0.328 e. The molecule has 2 aromatic rings. The molecule has 2 N–H and O–H groups in total. The molecular weight excluding hydrogens is 422 g/mol. The first-order valence-corrected chi connectivity index (χ1v) is 11.3. The molecule has 3 aliphatic heterocycles. The number of hydrogen-bond acceptors (Lipinski definition) is 7. The quantitative estimate of drug-likeness (QED) is 0.691. The van der Waals surface area contributed by atoms with E-state index in [2.05, 4.69) is 46.5 Å². The van der Waals surface area contributed by atoms with Gasteiger partial charge in [0.25, 0.3) is 11.8 Å². The van der Waals surface area contributed by atoms with E-state index < -0.39 is 23.4 Å². The monoisotopic (exact) mass is 449 g/mol. The summed E-state index contributed by atoms with van der Waals surface area (Å²) in [6.45, 7) is 6.92. The van der Waals surface area contributed by atoms with Gasteiger partial charge in [0.1, 0.15) is 5.75 Å². The molecule has 5 rings (SSSR count). The minimum absolute atomic E-state index is 0.333. The molecular formula is C24H27N5O4. The summed E-state index contributed by atoms with van der Waals surface area (Å²) in [7, 11) is 0. The van der Waals surface area contributed by atoms with E-state index >= 15 is 0 Å². The highest BCUT2D eigenvalue weighted by Crippen LogP contribution is 2.36. The largest absolute Gasteiger partial charge is 0.439 e. The number of ether oxygens (including phenoxy) is 1. The highest BCUT2D eigenvalue weighted by molar-refractivity contribution is 6.24. The van der Waals surface area contributed by atoms with E-state index in [1.165, 1.54) is 11.1 Å². The van der Waals surface area contributed by atoms with E-state index in [0.29, 0.717) is 37.0 Å². The second-order valence-corrected chi connectivity index (χ2v) is 9.05. The molecule has 3 aliphatic rings. The van der Waals surface area contributed by atoms with Gasteiger partial charge in [-0.1, -0.05) is 6.07 Å². The normalized spacial score (nSPS) is 20.1. The van der Waals surface area contributed by atoms with E-state index in [1.54, 1.807) is 23.2 Å². The number of carbonyl (C=O) groups excluding carboxylic acids is 3. The lowest BCUT2D eigenvalue weighted by Crippen LogP contribution is -2.71. The van der Waals surface area contributed by atoms with E-state index in [0.717, 1.165) is 25.3 Å². The lowest BCUT2D eigenvalue weighted by molar-refractivity contribution is -0.137. The minimum atomic E-state index is -1.43. The van der Waals surface area contributed by atoms with Crippen molar-refractivity contribution >= 4 is 23.5 Å². The summed E-state index contributed by atoms with van der Waals surface area (Å²) >= 11 is 0. The van der Waals surface area contributed by atoms with Crippen LogP contribution in [0.3, 0.4) is 0 Å². The number of nitrogens with zero attached hydrogens (tertiary/aromatic N) is 3. The lowest BCUT2D eigenvalue weighted by atomic mass is 9.92. The Kier molecular flexibility index (Phi) is 5.28. The molecule has 33 heavy (non-hydrogen) atoms. The van der Waals surface area contributed by atoms with E-state index in [1.807, 2.05) is 6.07 Å². The summed E-state index contributed by atoms with van der Waals surface area (Å²) in [6, 6.07) is 9.40. The summed E-state index contributed by atoms with van der Waals surface area (Å²) in [5, 5.41) is 4.44. The molecule has 4 heterocycles. The number of rotatable bonds is 4. The molecule has 4 amide bonds. The first kappa shape index (κ1) is 21.4. The van der Waals surface area contributed by atoms with Crippen LogP contribution in [-0.4, -0.2) is 52.4 Å². The first-order chi connectivity index (χ1) is 15.9. The van der Waals surface area contributed by atoms with Gasteiger partial charge >= 0.3 is 6.03 Å². The zero-order chi connectivity index (χ0) is 23.2. The van der Waals surface area contributed by atoms with Crippen molar-refractivity contribution in [3.05, 3.63) is 47.7 Å². The summed E-state index contributed by atoms with van der Waals surface area (Å²) < 4.78 is 5.98. The Morgan fingerprint density at radius 2 is 1.82 bits per heavy atom. The number of nitrogens with one attached hydrogen (secondary N) is 2. The summed E-state index contributed by atoms with van der Waals surface area (Å²) in [5.41, 5.74) is 1.82. The van der Waals surface area contributed by atoms with Crippen LogP contribution in [0, 0.1) is 0 Å². The average molecular weight is 450 g/mol. The van der Waals surface area contributed by atoms with Gasteiger partial charge in [0.15, 0.2) is 5.54 Å². The van der Waals surface area contributed by atoms with Crippen LogP contribution in [0.25, 0.3) is 0 Å². The number of aromatic nitrogens is 1. The first-order valence-electron chi connectivity index (χ1n) is 11.3. The number of carbonyl (C=O) groups is 3. The van der Waals surface area contributed by atoms with Gasteiger partial charge in [0, 0.05) is 31.7 Å². The number of fused-ring (bicyclic) bond motifs is 1. The van der Waals surface area contributed by atoms with Crippen molar-refractivity contribution in [2.24, 2.45) is 0 Å². The van der Waals surface area contributed by atoms with Gasteiger partial charge in [-0.15, -0.1) is 0 Å². The molecule has 0 saturated carbocycles. The third kappa shape index (κ3) is 3.72. The van der Waals surface area contributed by atoms with Crippen molar-refractivity contribution in [3.8, 4) is 11.6 Å². The van der Waals surface area contributed by atoms with Gasteiger partial charge in [-0.25, -0.2) is 9.78 Å². The van der Waals surface area contributed by atoms with Crippen molar-refractivity contribution in [1.82, 2.24) is 20.5 Å². The molecule has 2 saturated heterocycles. The number of imide groups is 2. The van der Waals surface area contributed by atoms with Crippen molar-refractivity contribution in [2.75, 3.05) is 18.0 Å². The fourth-order valence-electron chi connectivity index (χ4n) is 4.96. The molecule has 0 radical (unpaired) electrons. The van der Waals surface area contributed by atoms with Crippen LogP contribution in [0.1, 0.15) is 37.8 Å². The second-order valence-electron chi connectivity index (χ2n) is 9.05. The van der Waals surface area contributed by atoms with Gasteiger partial charge in [-0.05, 0) is 62.4 Å². The highest BCUT2D eigenvalue weighted by atomic mass is 16.5. The molecule has 0 bridgehead atoms. The van der Waals surface area contributed by atoms with Crippen LogP contribution in [0.15, 0.2) is 36.5 Å². The van der Waals surface area contributed by atoms with Crippen molar-refractivity contribution in [1.29, 1.82) is 0 Å². The number of amides is 4. The van der Waals surface area contributed by atoms with Crippen LogP contribution >= 0.6 is 0 Å². The van der Waals surface area contributed by atoms with Crippen LogP contribution in [0.2, 0.25) is 0 Å². The Balaban J connectivity index is 1.32. The molecule has 172 valence electrons. The number of benzene rings is 1. The maximum atomic E-state index is 12.6. The highest BCUT2D eigenvalue weighted by Gasteiger charge is 2.57. The van der Waals surface area contributed by atoms with Gasteiger partial charge in [-0.2, -0.15) is 0 Å². The minimum Gasteiger partial charge on any atom is -0.439 e. The van der Waals surface area contributed by atoms with Crippen molar-refractivity contribution < 1.29 is 19.1 Å². The fraction of sp³-hybridized carbons (Fsp3) is 0.417. The third-order valence-corrected chi connectivity index (χ3v) is 6.79. The topological polar surface area (TPSA) is 104 Å². The van der Waals surface area contributed by atoms with Crippen LogP contribution in [-0.2, 0) is 22.6 Å². The Morgan fingerprint density at radius 3 is 2.52 bits per heavy atom. The van der Waals surface area contributed by atoms with Crippen LogP contribution in [0.5, 0.6) is 11.6 Å². The Morgan fingerprint density at radius 1 is 1.03 bits per heavy atom. The summed E-state index contributed by atoms with van der Waals surface area (Å²) in [5.74, 6) is -0.0354.